The monoisotopic (exact) mass is 203 g/mol. The van der Waals surface area contributed by atoms with Crippen molar-refractivity contribution in [3.05, 3.63) is 52.8 Å². The van der Waals surface area contributed by atoms with Crippen molar-refractivity contribution in [1.82, 2.24) is 15.0 Å². The van der Waals surface area contributed by atoms with Gasteiger partial charge in [-0.25, -0.2) is 4.98 Å². The number of aromatic amines is 1. The van der Waals surface area contributed by atoms with Gasteiger partial charge in [-0.05, 0) is 18.2 Å². The number of hydrogen-bond acceptors (Lipinski definition) is 3. The summed E-state index contributed by atoms with van der Waals surface area (Å²) in [5.74, 6) is 0.844. The van der Waals surface area contributed by atoms with Crippen LogP contribution in [0.25, 0.3) is 0 Å². The Morgan fingerprint density at radius 1 is 1.14 bits per heavy atom. The lowest BCUT2D eigenvalue weighted by molar-refractivity contribution is 0.929. The molecule has 1 N–H and O–H groups in total. The zero-order valence-electron chi connectivity index (χ0n) is 7.47. The molecule has 0 saturated heterocycles. The Kier molecular flexibility index (Phi) is 2.65. The number of hydrogen-bond donors (Lipinski definition) is 1. The molecular formula is C10H9N3S. The largest absolute Gasteiger partial charge is 0.334 e. The van der Waals surface area contributed by atoms with Gasteiger partial charge in [-0.1, -0.05) is 18.3 Å². The molecule has 2 rings (SSSR count). The molecule has 0 aromatic carbocycles. The van der Waals surface area contributed by atoms with Gasteiger partial charge in [0.1, 0.15) is 10.5 Å². The maximum atomic E-state index is 5.00. The van der Waals surface area contributed by atoms with Crippen molar-refractivity contribution >= 4 is 12.2 Å². The first-order chi connectivity index (χ1) is 6.84. The zero-order valence-corrected chi connectivity index (χ0v) is 8.29. The van der Waals surface area contributed by atoms with Crippen LogP contribution < -0.4 is 0 Å². The fraction of sp³-hybridized carbons (Fsp3) is 0.100. The van der Waals surface area contributed by atoms with Gasteiger partial charge in [-0.15, -0.1) is 0 Å². The van der Waals surface area contributed by atoms with E-state index in [1.165, 1.54) is 0 Å². The quantitative estimate of drug-likeness (QED) is 0.760. The van der Waals surface area contributed by atoms with Crippen LogP contribution in [-0.4, -0.2) is 15.0 Å². The summed E-state index contributed by atoms with van der Waals surface area (Å²) >= 11 is 5.00. The Balaban J connectivity index is 2.24. The molecule has 3 nitrogen and oxygen atoms in total. The van der Waals surface area contributed by atoms with Crippen molar-refractivity contribution in [1.29, 1.82) is 0 Å². The molecule has 0 amide bonds. The Hall–Kier alpha value is -1.55. The summed E-state index contributed by atoms with van der Waals surface area (Å²) in [6.07, 6.45) is 4.16. The van der Waals surface area contributed by atoms with Crippen molar-refractivity contribution in [2.24, 2.45) is 0 Å². The average Bonchev–Trinajstić information content (AvgIpc) is 2.19. The van der Waals surface area contributed by atoms with E-state index >= 15 is 0 Å². The minimum atomic E-state index is 0.686. The molecule has 2 aromatic heterocycles. The molecule has 0 aliphatic carbocycles. The third kappa shape index (κ3) is 2.23. The molecule has 0 aliphatic rings. The first-order valence-corrected chi connectivity index (χ1v) is 4.69. The molecule has 0 spiro atoms. The van der Waals surface area contributed by atoms with Gasteiger partial charge in [0.05, 0.1) is 0 Å². The van der Waals surface area contributed by atoms with Gasteiger partial charge in [0.2, 0.25) is 0 Å². The summed E-state index contributed by atoms with van der Waals surface area (Å²) in [6, 6.07) is 7.58. The molecule has 14 heavy (non-hydrogen) atoms. The highest BCUT2D eigenvalue weighted by atomic mass is 32.1. The van der Waals surface area contributed by atoms with E-state index in [4.69, 9.17) is 12.2 Å². The summed E-state index contributed by atoms with van der Waals surface area (Å²) < 4.78 is 0.700. The van der Waals surface area contributed by atoms with Crippen LogP contribution in [0, 0.1) is 4.64 Å². The van der Waals surface area contributed by atoms with Crippen LogP contribution in [0.5, 0.6) is 0 Å². The van der Waals surface area contributed by atoms with E-state index in [1.54, 1.807) is 18.5 Å². The van der Waals surface area contributed by atoms with Gasteiger partial charge in [0.15, 0.2) is 0 Å². The fourth-order valence-corrected chi connectivity index (χ4v) is 1.35. The lowest BCUT2D eigenvalue weighted by Gasteiger charge is -1.99. The molecule has 0 bridgehead atoms. The minimum Gasteiger partial charge on any atom is -0.334 e. The number of rotatable bonds is 2. The maximum absolute atomic E-state index is 5.00. The highest BCUT2D eigenvalue weighted by molar-refractivity contribution is 7.71. The summed E-state index contributed by atoms with van der Waals surface area (Å²) in [6.45, 7) is 0. The van der Waals surface area contributed by atoms with Crippen LogP contribution >= 0.6 is 12.2 Å². The van der Waals surface area contributed by atoms with Crippen LogP contribution in [0.4, 0.5) is 0 Å². The van der Waals surface area contributed by atoms with Gasteiger partial charge in [0, 0.05) is 24.5 Å². The second-order valence-corrected chi connectivity index (χ2v) is 3.32. The van der Waals surface area contributed by atoms with Crippen LogP contribution in [0.15, 0.2) is 36.7 Å². The molecule has 0 fully saturated rings. The summed E-state index contributed by atoms with van der Waals surface area (Å²) in [4.78, 5) is 11.4. The predicted molar refractivity (Wildman–Crippen MR) is 56.5 cm³/mol. The minimum absolute atomic E-state index is 0.686. The molecule has 0 aliphatic heterocycles. The molecule has 2 aromatic rings. The first-order valence-electron chi connectivity index (χ1n) is 4.29. The van der Waals surface area contributed by atoms with Gasteiger partial charge < -0.3 is 4.98 Å². The Labute approximate surface area is 86.9 Å². The van der Waals surface area contributed by atoms with Crippen LogP contribution in [0.2, 0.25) is 0 Å². The molecule has 0 saturated carbocycles. The fourth-order valence-electron chi connectivity index (χ4n) is 1.18. The molecule has 0 atom stereocenters. The number of nitrogens with zero attached hydrogens (tertiary/aromatic N) is 2. The number of nitrogens with one attached hydrogen (secondary N) is 1. The van der Waals surface area contributed by atoms with E-state index in [1.807, 2.05) is 18.2 Å². The summed E-state index contributed by atoms with van der Waals surface area (Å²) in [7, 11) is 0. The second-order valence-electron chi connectivity index (χ2n) is 2.88. The van der Waals surface area contributed by atoms with E-state index in [-0.39, 0.29) is 0 Å². The van der Waals surface area contributed by atoms with Crippen molar-refractivity contribution in [3.8, 4) is 0 Å². The second kappa shape index (κ2) is 4.11. The van der Waals surface area contributed by atoms with Crippen molar-refractivity contribution in [2.45, 2.75) is 6.42 Å². The van der Waals surface area contributed by atoms with E-state index in [0.29, 0.717) is 11.1 Å². The third-order valence-corrected chi connectivity index (χ3v) is 2.04. The summed E-state index contributed by atoms with van der Waals surface area (Å²) in [5, 5.41) is 0. The van der Waals surface area contributed by atoms with Crippen molar-refractivity contribution < 1.29 is 0 Å². The molecule has 2 heterocycles. The summed E-state index contributed by atoms with van der Waals surface area (Å²) in [5.41, 5.74) is 0.983. The Bertz CT molecular complexity index is 464. The molecular weight excluding hydrogens is 194 g/mol. The van der Waals surface area contributed by atoms with Gasteiger partial charge in [0.25, 0.3) is 0 Å². The normalized spacial score (nSPS) is 10.0. The topological polar surface area (TPSA) is 41.6 Å². The Morgan fingerprint density at radius 3 is 2.79 bits per heavy atom. The number of pyridine rings is 1. The maximum Gasteiger partial charge on any atom is 0.112 e. The van der Waals surface area contributed by atoms with E-state index in [9.17, 15) is 0 Å². The van der Waals surface area contributed by atoms with Gasteiger partial charge in [-0.2, -0.15) is 0 Å². The van der Waals surface area contributed by atoms with Gasteiger partial charge in [-0.3, -0.25) is 4.98 Å². The van der Waals surface area contributed by atoms with E-state index in [0.717, 1.165) is 11.5 Å². The molecule has 0 radical (unpaired) electrons. The zero-order chi connectivity index (χ0) is 9.80. The number of H-pyrrole nitrogens is 1. The highest BCUT2D eigenvalue weighted by Crippen LogP contribution is 2.00. The van der Waals surface area contributed by atoms with E-state index < -0.39 is 0 Å². The van der Waals surface area contributed by atoms with E-state index in [2.05, 4.69) is 15.0 Å². The lowest BCUT2D eigenvalue weighted by atomic mass is 10.2. The van der Waals surface area contributed by atoms with Crippen LogP contribution in [0.3, 0.4) is 0 Å². The van der Waals surface area contributed by atoms with Crippen LogP contribution in [-0.2, 0) is 6.42 Å². The smallest absolute Gasteiger partial charge is 0.112 e. The molecule has 70 valence electrons. The third-order valence-electron chi connectivity index (χ3n) is 1.80. The Morgan fingerprint density at radius 2 is 2.07 bits per heavy atom. The highest BCUT2D eigenvalue weighted by Gasteiger charge is 1.97. The number of aromatic nitrogens is 3. The van der Waals surface area contributed by atoms with Crippen LogP contribution in [0.1, 0.15) is 11.5 Å². The average molecular weight is 203 g/mol. The predicted octanol–water partition coefficient (Wildman–Crippen LogP) is 2.12. The molecule has 0 unspecified atom stereocenters. The first kappa shape index (κ1) is 9.02. The standard InChI is InChI=1S/C10H9N3S/c14-10-4-6-12-9(13-10)7-8-3-1-2-5-11-8/h1-6H,7H2,(H,12,13,14). The van der Waals surface area contributed by atoms with Gasteiger partial charge >= 0.3 is 0 Å². The lowest BCUT2D eigenvalue weighted by Crippen LogP contribution is -1.97. The SMILES string of the molecule is S=c1ccnc(Cc2ccccn2)[nH]1. The van der Waals surface area contributed by atoms with Crippen molar-refractivity contribution in [2.75, 3.05) is 0 Å². The molecule has 4 heteroatoms. The van der Waals surface area contributed by atoms with Crippen molar-refractivity contribution in [3.63, 3.8) is 0 Å².